The van der Waals surface area contributed by atoms with Gasteiger partial charge in [0.1, 0.15) is 5.82 Å². The summed E-state index contributed by atoms with van der Waals surface area (Å²) in [4.78, 5) is 2.02. The number of hydrogen-bond acceptors (Lipinski definition) is 5. The molecule has 0 unspecified atom stereocenters. The lowest BCUT2D eigenvalue weighted by atomic mass is 10.0. The summed E-state index contributed by atoms with van der Waals surface area (Å²) in [6.45, 7) is 7.80. The lowest BCUT2D eigenvalue weighted by molar-refractivity contribution is -0.0448. The zero-order chi connectivity index (χ0) is 21.2. The fourth-order valence-electron chi connectivity index (χ4n) is 3.97. The molecule has 0 bridgehead atoms. The average molecular weight is 450 g/mol. The van der Waals surface area contributed by atoms with Crippen molar-refractivity contribution in [2.45, 2.75) is 45.1 Å². The summed E-state index contributed by atoms with van der Waals surface area (Å²) < 4.78 is 55.8. The van der Waals surface area contributed by atoms with Crippen molar-refractivity contribution in [2.75, 3.05) is 39.3 Å². The predicted molar refractivity (Wildman–Crippen MR) is 110 cm³/mol. The minimum atomic E-state index is -3.75. The number of nitrogens with one attached hydrogen (secondary N) is 1. The van der Waals surface area contributed by atoms with Gasteiger partial charge in [0.15, 0.2) is 0 Å². The smallest absolute Gasteiger partial charge is 0.279 e. The molecule has 4 atom stereocenters. The molecule has 1 aromatic carbocycles. The van der Waals surface area contributed by atoms with Crippen LogP contribution in [0.3, 0.4) is 0 Å². The number of hydrogen-bond donors (Lipinski definition) is 1. The third-order valence-corrected chi connectivity index (χ3v) is 7.07. The van der Waals surface area contributed by atoms with Gasteiger partial charge in [0.25, 0.3) is 10.2 Å². The van der Waals surface area contributed by atoms with Crippen LogP contribution < -0.4 is 4.72 Å². The molecule has 10 heteroatoms. The van der Waals surface area contributed by atoms with Gasteiger partial charge in [-0.1, -0.05) is 17.7 Å². The summed E-state index contributed by atoms with van der Waals surface area (Å²) in [5, 5.41) is 0.280. The largest absolute Gasteiger partial charge is 0.376 e. The molecule has 1 aromatic rings. The van der Waals surface area contributed by atoms with Gasteiger partial charge >= 0.3 is 0 Å². The molecule has 164 valence electrons. The van der Waals surface area contributed by atoms with E-state index in [0.717, 1.165) is 0 Å². The van der Waals surface area contributed by atoms with Gasteiger partial charge in [-0.2, -0.15) is 12.7 Å². The second-order valence-electron chi connectivity index (χ2n) is 7.76. The lowest BCUT2D eigenvalue weighted by Gasteiger charge is -2.39. The highest BCUT2D eigenvalue weighted by molar-refractivity contribution is 7.87. The van der Waals surface area contributed by atoms with Gasteiger partial charge in [0.2, 0.25) is 0 Å². The number of rotatable bonds is 6. The van der Waals surface area contributed by atoms with Crippen LogP contribution >= 0.6 is 11.6 Å². The van der Waals surface area contributed by atoms with Crippen molar-refractivity contribution < 1.29 is 22.3 Å². The summed E-state index contributed by atoms with van der Waals surface area (Å²) in [5.74, 6) is -0.450. The Morgan fingerprint density at radius 2 is 1.90 bits per heavy atom. The van der Waals surface area contributed by atoms with Crippen LogP contribution in [-0.4, -0.2) is 75.3 Å². The number of ether oxygens (including phenoxy) is 2. The van der Waals surface area contributed by atoms with Crippen LogP contribution in [0, 0.1) is 5.82 Å². The van der Waals surface area contributed by atoms with E-state index in [1.165, 1.54) is 10.4 Å². The van der Waals surface area contributed by atoms with E-state index in [4.69, 9.17) is 21.1 Å². The van der Waals surface area contributed by atoms with Crippen LogP contribution in [0.25, 0.3) is 0 Å². The molecule has 2 aliphatic rings. The Balaban J connectivity index is 1.82. The SMILES string of the molecule is C[C@@H]1CN([C@H](CNS(=O)(=O)N2C[C@@H](C)O[C@@H](C)C2)c2c(F)cccc2Cl)CCO1. The number of nitrogens with zero attached hydrogens (tertiary/aromatic N) is 2. The highest BCUT2D eigenvalue weighted by Crippen LogP contribution is 2.31. The van der Waals surface area contributed by atoms with E-state index in [1.807, 2.05) is 25.7 Å². The fourth-order valence-corrected chi connectivity index (χ4v) is 5.63. The van der Waals surface area contributed by atoms with Crippen molar-refractivity contribution >= 4 is 21.8 Å². The van der Waals surface area contributed by atoms with E-state index in [9.17, 15) is 12.8 Å². The Kier molecular flexibility index (Phi) is 7.53. The highest BCUT2D eigenvalue weighted by Gasteiger charge is 2.34. The first-order valence-corrected chi connectivity index (χ1v) is 11.7. The quantitative estimate of drug-likeness (QED) is 0.720. The van der Waals surface area contributed by atoms with Crippen LogP contribution in [0.2, 0.25) is 5.02 Å². The summed E-state index contributed by atoms with van der Waals surface area (Å²) in [6, 6.07) is 3.97. The molecule has 0 spiro atoms. The van der Waals surface area contributed by atoms with Crippen molar-refractivity contribution in [3.05, 3.63) is 34.6 Å². The Bertz CT molecular complexity index is 782. The third-order valence-electron chi connectivity index (χ3n) is 5.23. The molecule has 0 saturated carbocycles. The third kappa shape index (κ3) is 5.66. The molecule has 29 heavy (non-hydrogen) atoms. The Morgan fingerprint density at radius 1 is 1.21 bits per heavy atom. The average Bonchev–Trinajstić information content (AvgIpc) is 2.63. The van der Waals surface area contributed by atoms with E-state index in [1.54, 1.807) is 12.1 Å². The normalized spacial score (nSPS) is 28.4. The second kappa shape index (κ2) is 9.55. The molecule has 2 saturated heterocycles. The van der Waals surface area contributed by atoms with E-state index >= 15 is 0 Å². The molecule has 0 radical (unpaired) electrons. The van der Waals surface area contributed by atoms with E-state index in [2.05, 4.69) is 4.72 Å². The standard InChI is InChI=1S/C19H29ClFN3O4S/c1-13-10-23(7-8-27-13)18(19-16(20)5-4-6-17(19)21)9-22-29(25,26)24-11-14(2)28-15(3)12-24/h4-6,13-15,18,22H,7-12H2,1-3H3/t13-,14-,15+,18-/m1/s1. The van der Waals surface area contributed by atoms with Gasteiger partial charge in [-0.15, -0.1) is 0 Å². The first kappa shape index (κ1) is 22.9. The maximum absolute atomic E-state index is 14.7. The monoisotopic (exact) mass is 449 g/mol. The summed E-state index contributed by atoms with van der Waals surface area (Å²) in [6.07, 6.45) is -0.409. The van der Waals surface area contributed by atoms with Crippen molar-refractivity contribution in [1.82, 2.24) is 13.9 Å². The van der Waals surface area contributed by atoms with E-state index < -0.39 is 22.1 Å². The predicted octanol–water partition coefficient (Wildman–Crippen LogP) is 2.18. The van der Waals surface area contributed by atoms with Gasteiger partial charge in [-0.25, -0.2) is 9.11 Å². The molecule has 2 fully saturated rings. The van der Waals surface area contributed by atoms with Crippen LogP contribution in [0.5, 0.6) is 0 Å². The zero-order valence-corrected chi connectivity index (χ0v) is 18.5. The van der Waals surface area contributed by atoms with Crippen LogP contribution in [-0.2, 0) is 19.7 Å². The van der Waals surface area contributed by atoms with Crippen molar-refractivity contribution in [3.8, 4) is 0 Å². The Hall–Kier alpha value is -0.810. The summed E-state index contributed by atoms with van der Waals surface area (Å²) >= 11 is 6.31. The molecule has 2 aliphatic heterocycles. The first-order valence-electron chi connectivity index (χ1n) is 9.87. The highest BCUT2D eigenvalue weighted by atomic mass is 35.5. The molecule has 3 rings (SSSR count). The minimum Gasteiger partial charge on any atom is -0.376 e. The molecule has 0 aliphatic carbocycles. The topological polar surface area (TPSA) is 71.1 Å². The minimum absolute atomic E-state index is 0.00975. The van der Waals surface area contributed by atoms with Gasteiger partial charge in [0.05, 0.1) is 31.0 Å². The number of morpholine rings is 2. The van der Waals surface area contributed by atoms with Crippen LogP contribution in [0.1, 0.15) is 32.4 Å². The fraction of sp³-hybridized carbons (Fsp3) is 0.684. The molecular formula is C19H29ClFN3O4S. The Morgan fingerprint density at radius 3 is 2.52 bits per heavy atom. The van der Waals surface area contributed by atoms with Gasteiger partial charge < -0.3 is 9.47 Å². The molecule has 0 amide bonds. The number of halogens is 2. The molecule has 1 N–H and O–H groups in total. The molecular weight excluding hydrogens is 421 g/mol. The van der Waals surface area contributed by atoms with E-state index in [-0.39, 0.29) is 43.0 Å². The maximum atomic E-state index is 14.7. The lowest BCUT2D eigenvalue weighted by Crippen LogP contribution is -2.53. The van der Waals surface area contributed by atoms with Crippen molar-refractivity contribution in [2.24, 2.45) is 0 Å². The zero-order valence-electron chi connectivity index (χ0n) is 17.0. The van der Waals surface area contributed by atoms with Crippen LogP contribution in [0.4, 0.5) is 4.39 Å². The van der Waals surface area contributed by atoms with Gasteiger partial charge in [0, 0.05) is 43.3 Å². The Labute approximate surface area is 177 Å². The van der Waals surface area contributed by atoms with Crippen molar-refractivity contribution in [3.63, 3.8) is 0 Å². The summed E-state index contributed by atoms with van der Waals surface area (Å²) in [7, 11) is -3.75. The summed E-state index contributed by atoms with van der Waals surface area (Å²) in [5.41, 5.74) is 0.301. The molecule has 0 aromatic heterocycles. The maximum Gasteiger partial charge on any atom is 0.279 e. The second-order valence-corrected chi connectivity index (χ2v) is 9.92. The van der Waals surface area contributed by atoms with Crippen LogP contribution in [0.15, 0.2) is 18.2 Å². The number of benzene rings is 1. The van der Waals surface area contributed by atoms with Gasteiger partial charge in [-0.05, 0) is 32.9 Å². The van der Waals surface area contributed by atoms with Crippen molar-refractivity contribution in [1.29, 1.82) is 0 Å². The van der Waals surface area contributed by atoms with E-state index in [0.29, 0.717) is 25.3 Å². The molecule has 7 nitrogen and oxygen atoms in total. The first-order chi connectivity index (χ1) is 13.7. The molecule has 2 heterocycles. The van der Waals surface area contributed by atoms with Gasteiger partial charge in [-0.3, -0.25) is 4.90 Å².